The van der Waals surface area contributed by atoms with E-state index in [9.17, 15) is 9.67 Å². The molecule has 1 unspecified atom stereocenters. The summed E-state index contributed by atoms with van der Waals surface area (Å²) in [6.07, 6.45) is 2.35. The third-order valence-corrected chi connectivity index (χ3v) is 7.27. The van der Waals surface area contributed by atoms with Crippen LogP contribution in [0.4, 0.5) is 5.69 Å². The Morgan fingerprint density at radius 1 is 1.15 bits per heavy atom. The minimum Gasteiger partial charge on any atom is -0.391 e. The Morgan fingerprint density at radius 3 is 2.56 bits per heavy atom. The Hall–Kier alpha value is -1.76. The Morgan fingerprint density at radius 2 is 1.89 bits per heavy atom. The predicted molar refractivity (Wildman–Crippen MR) is 109 cm³/mol. The number of aromatic nitrogens is 1. The molecule has 1 saturated heterocycles. The van der Waals surface area contributed by atoms with Crippen LogP contribution in [-0.2, 0) is 4.57 Å². The van der Waals surface area contributed by atoms with Crippen LogP contribution in [0.15, 0.2) is 53.6 Å². The lowest BCUT2D eigenvalue weighted by Gasteiger charge is -2.18. The molecule has 0 amide bonds. The number of thioether (sulfide) groups is 1. The van der Waals surface area contributed by atoms with Gasteiger partial charge in [-0.3, -0.25) is 4.57 Å². The summed E-state index contributed by atoms with van der Waals surface area (Å²) < 4.78 is 11.2. The second-order valence-corrected chi connectivity index (χ2v) is 9.88. The zero-order valence-electron chi connectivity index (χ0n) is 14.6. The Kier molecular flexibility index (Phi) is 5.05. The van der Waals surface area contributed by atoms with E-state index in [4.69, 9.17) is 9.79 Å². The van der Waals surface area contributed by atoms with Gasteiger partial charge >= 0.3 is 7.60 Å². The van der Waals surface area contributed by atoms with E-state index in [-0.39, 0.29) is 11.6 Å². The number of nitrogens with zero attached hydrogens (tertiary/aromatic N) is 1. The van der Waals surface area contributed by atoms with Crippen LogP contribution in [0.2, 0.25) is 0 Å². The molecule has 0 aliphatic carbocycles. The zero-order valence-corrected chi connectivity index (χ0v) is 16.3. The summed E-state index contributed by atoms with van der Waals surface area (Å²) in [5.41, 5.74) is 3.94. The molecule has 0 saturated carbocycles. The van der Waals surface area contributed by atoms with E-state index in [1.54, 1.807) is 6.20 Å². The topological polar surface area (TPSA) is 96.8 Å². The van der Waals surface area contributed by atoms with Crippen LogP contribution in [0.1, 0.15) is 6.42 Å². The minimum absolute atomic E-state index is 0.236. The van der Waals surface area contributed by atoms with Gasteiger partial charge in [0.05, 0.1) is 6.10 Å². The maximum atomic E-state index is 11.2. The highest BCUT2D eigenvalue weighted by Gasteiger charge is 2.20. The highest BCUT2D eigenvalue weighted by atomic mass is 32.2. The number of nitrogens with one attached hydrogen (secondary N) is 1. The van der Waals surface area contributed by atoms with E-state index in [0.29, 0.717) is 6.54 Å². The number of benzene rings is 2. The molecule has 1 aliphatic rings. The molecule has 0 radical (unpaired) electrons. The van der Waals surface area contributed by atoms with Crippen molar-refractivity contribution in [3.05, 3.63) is 48.7 Å². The van der Waals surface area contributed by atoms with Crippen molar-refractivity contribution in [1.29, 1.82) is 0 Å². The first-order valence-corrected chi connectivity index (χ1v) is 11.5. The maximum absolute atomic E-state index is 11.2. The molecule has 1 atom stereocenters. The van der Waals surface area contributed by atoms with E-state index in [2.05, 4.69) is 34.1 Å². The van der Waals surface area contributed by atoms with Gasteiger partial charge in [-0.25, -0.2) is 0 Å². The number of aromatic amines is 1. The van der Waals surface area contributed by atoms with Gasteiger partial charge in [-0.15, -0.1) is 11.8 Å². The molecule has 2 aromatic carbocycles. The predicted octanol–water partition coefficient (Wildman–Crippen LogP) is 3.63. The number of rotatable bonds is 5. The van der Waals surface area contributed by atoms with Crippen LogP contribution in [0.3, 0.4) is 0 Å². The quantitative estimate of drug-likeness (QED) is 0.383. The molecule has 0 bridgehead atoms. The smallest absolute Gasteiger partial charge is 0.335 e. The van der Waals surface area contributed by atoms with Crippen LogP contribution in [0, 0.1) is 0 Å². The van der Waals surface area contributed by atoms with Crippen molar-refractivity contribution in [2.75, 3.05) is 23.5 Å². The molecule has 6 nitrogen and oxygen atoms in total. The molecular weight excluding hydrogens is 383 g/mol. The number of anilines is 1. The highest BCUT2D eigenvalue weighted by molar-refractivity contribution is 8.04. The summed E-state index contributed by atoms with van der Waals surface area (Å²) in [6, 6.07) is 14.3. The van der Waals surface area contributed by atoms with Gasteiger partial charge in [0.1, 0.15) is 5.49 Å². The average Bonchev–Trinajstić information content (AvgIpc) is 3.25. The van der Waals surface area contributed by atoms with Crippen molar-refractivity contribution in [3.63, 3.8) is 0 Å². The van der Waals surface area contributed by atoms with E-state index in [0.717, 1.165) is 57.3 Å². The standard InChI is InChI=1S/C19H21N2O4PS/c22-16-7-8-21(11-16)15-4-1-13(2-5-15)14-3-6-18-17(9-14)19(10-20-18)27-12-26(23,24)25/h1-6,9-10,16,20,22H,7-8,11-12H2,(H2,23,24,25). The molecule has 8 heteroatoms. The SMILES string of the molecule is O=P(O)(O)CSc1c[nH]c2ccc(-c3ccc(N4CCC(O)C4)cc3)cc12. The Labute approximate surface area is 161 Å². The van der Waals surface area contributed by atoms with Crippen LogP contribution < -0.4 is 4.90 Å². The molecule has 2 heterocycles. The van der Waals surface area contributed by atoms with Crippen LogP contribution in [0.25, 0.3) is 22.0 Å². The molecule has 1 aromatic heterocycles. The number of aliphatic hydroxyl groups is 1. The number of hydrogen-bond acceptors (Lipinski definition) is 4. The first-order valence-electron chi connectivity index (χ1n) is 8.71. The van der Waals surface area contributed by atoms with Gasteiger partial charge in [0, 0.05) is 40.8 Å². The molecule has 1 fully saturated rings. The van der Waals surface area contributed by atoms with Crippen molar-refractivity contribution in [2.24, 2.45) is 0 Å². The number of β-amino-alcohol motifs (C(OH)–C–C–N with tert-alkyl or cyclic N) is 1. The van der Waals surface area contributed by atoms with Gasteiger partial charge < -0.3 is 24.8 Å². The fraction of sp³-hybridized carbons (Fsp3) is 0.263. The fourth-order valence-electron chi connectivity index (χ4n) is 3.39. The first-order chi connectivity index (χ1) is 12.9. The summed E-state index contributed by atoms with van der Waals surface area (Å²) in [5.74, 6) is 0. The lowest BCUT2D eigenvalue weighted by molar-refractivity contribution is 0.198. The molecule has 3 aromatic rings. The summed E-state index contributed by atoms with van der Waals surface area (Å²) in [7, 11) is -4.05. The highest BCUT2D eigenvalue weighted by Crippen LogP contribution is 2.43. The van der Waals surface area contributed by atoms with Crippen molar-refractivity contribution in [3.8, 4) is 11.1 Å². The molecule has 27 heavy (non-hydrogen) atoms. The minimum atomic E-state index is -4.05. The van der Waals surface area contributed by atoms with Crippen molar-refractivity contribution < 1.29 is 19.5 Å². The molecule has 4 rings (SSSR count). The van der Waals surface area contributed by atoms with Crippen LogP contribution >= 0.6 is 19.4 Å². The number of H-pyrrole nitrogens is 1. The number of hydrogen-bond donors (Lipinski definition) is 4. The van der Waals surface area contributed by atoms with E-state index in [1.807, 2.05) is 18.2 Å². The second kappa shape index (κ2) is 7.34. The zero-order chi connectivity index (χ0) is 19.0. The number of fused-ring (bicyclic) bond motifs is 1. The Bertz CT molecular complexity index is 999. The van der Waals surface area contributed by atoms with Gasteiger partial charge in [0.2, 0.25) is 0 Å². The summed E-state index contributed by atoms with van der Waals surface area (Å²) >= 11 is 1.16. The largest absolute Gasteiger partial charge is 0.391 e. The van der Waals surface area contributed by atoms with Gasteiger partial charge in [-0.2, -0.15) is 0 Å². The van der Waals surface area contributed by atoms with Gasteiger partial charge in [0.15, 0.2) is 0 Å². The third kappa shape index (κ3) is 4.23. The Balaban J connectivity index is 1.59. The third-order valence-electron chi connectivity index (χ3n) is 4.76. The number of aliphatic hydroxyl groups excluding tert-OH is 1. The molecule has 1 aliphatic heterocycles. The van der Waals surface area contributed by atoms with Crippen molar-refractivity contribution >= 4 is 35.9 Å². The van der Waals surface area contributed by atoms with E-state index in [1.165, 1.54) is 0 Å². The average molecular weight is 404 g/mol. The van der Waals surface area contributed by atoms with Crippen LogP contribution in [-0.4, -0.2) is 44.6 Å². The molecular formula is C19H21N2O4PS. The normalized spacial score (nSPS) is 17.7. The first kappa shape index (κ1) is 18.6. The van der Waals surface area contributed by atoms with Crippen LogP contribution in [0.5, 0.6) is 0 Å². The van der Waals surface area contributed by atoms with E-state index < -0.39 is 7.60 Å². The summed E-state index contributed by atoms with van der Waals surface area (Å²) in [4.78, 5) is 24.4. The second-order valence-electron chi connectivity index (χ2n) is 6.79. The van der Waals surface area contributed by atoms with Gasteiger partial charge in [-0.05, 0) is 41.8 Å². The molecule has 4 N–H and O–H groups in total. The maximum Gasteiger partial charge on any atom is 0.335 e. The lowest BCUT2D eigenvalue weighted by atomic mass is 10.0. The van der Waals surface area contributed by atoms with E-state index >= 15 is 0 Å². The lowest BCUT2D eigenvalue weighted by Crippen LogP contribution is -2.20. The molecule has 142 valence electrons. The van der Waals surface area contributed by atoms with Crippen molar-refractivity contribution in [2.45, 2.75) is 17.4 Å². The summed E-state index contributed by atoms with van der Waals surface area (Å²) in [5, 5.41) is 10.7. The van der Waals surface area contributed by atoms with Gasteiger partial charge in [0.25, 0.3) is 0 Å². The molecule has 0 spiro atoms. The van der Waals surface area contributed by atoms with Gasteiger partial charge in [-0.1, -0.05) is 18.2 Å². The fourth-order valence-corrected chi connectivity index (χ4v) is 5.08. The summed E-state index contributed by atoms with van der Waals surface area (Å²) in [6.45, 7) is 1.55. The monoisotopic (exact) mass is 404 g/mol. The van der Waals surface area contributed by atoms with Crippen molar-refractivity contribution in [1.82, 2.24) is 4.98 Å².